The largest absolute Gasteiger partial charge is 2.00 e. The van der Waals surface area contributed by atoms with Gasteiger partial charge in [0.15, 0.2) is 6.29 Å². The monoisotopic (exact) mass is 396 g/mol. The molecule has 0 spiro atoms. The van der Waals surface area contributed by atoms with Crippen molar-refractivity contribution in [2.24, 2.45) is 0 Å². The number of aliphatic hydroxyl groups is 4. The maximum Gasteiger partial charge on any atom is 2.00 e. The molecule has 0 aromatic heterocycles. The van der Waals surface area contributed by atoms with E-state index in [0.29, 0.717) is 0 Å². The van der Waals surface area contributed by atoms with Crippen molar-refractivity contribution in [2.45, 2.75) is 30.7 Å². The SMILES string of the molecule is O=P([O-])([O-])OC[C@@H]1O[C@H](O)[C@@H](O)[C@H](O)[C@@H]1O.[Ba+2]. The van der Waals surface area contributed by atoms with E-state index in [-0.39, 0.29) is 48.9 Å². The first-order valence-electron chi connectivity index (χ1n) is 4.26. The first-order valence-corrected chi connectivity index (χ1v) is 5.73. The molecule has 0 amide bonds. The standard InChI is InChI=1S/C6H13O9P.Ba/c7-3-2(1-14-16(11,12)13)15-6(10)5(9)4(3)8;/h2-10H,1H2,(H2,11,12,13);/q;+2/p-2/t2-,3+,4+,5-,6-;/m0./s1. The summed E-state index contributed by atoms with van der Waals surface area (Å²) in [6, 6.07) is 0. The van der Waals surface area contributed by atoms with Crippen molar-refractivity contribution in [1.29, 1.82) is 0 Å². The average molecular weight is 395 g/mol. The van der Waals surface area contributed by atoms with E-state index in [0.717, 1.165) is 0 Å². The molecule has 11 heteroatoms. The first kappa shape index (κ1) is 18.5. The Kier molecular flexibility index (Phi) is 7.95. The van der Waals surface area contributed by atoms with Crippen molar-refractivity contribution in [2.75, 3.05) is 6.61 Å². The predicted octanol–water partition coefficient (Wildman–Crippen LogP) is -4.75. The van der Waals surface area contributed by atoms with Crippen LogP contribution in [0.25, 0.3) is 0 Å². The second kappa shape index (κ2) is 7.31. The average Bonchev–Trinajstić information content (AvgIpc) is 2.17. The Morgan fingerprint density at radius 3 is 2.12 bits per heavy atom. The zero-order valence-electron chi connectivity index (χ0n) is 8.58. The maximum atomic E-state index is 10.1. The van der Waals surface area contributed by atoms with E-state index in [1.165, 1.54) is 0 Å². The first-order chi connectivity index (χ1) is 7.22. The Bertz CT molecular complexity index is 283. The molecule has 1 fully saturated rings. The molecule has 1 heterocycles. The van der Waals surface area contributed by atoms with E-state index in [1.54, 1.807) is 0 Å². The van der Waals surface area contributed by atoms with Crippen LogP contribution in [0.2, 0.25) is 0 Å². The van der Waals surface area contributed by atoms with Crippen LogP contribution in [-0.2, 0) is 13.8 Å². The van der Waals surface area contributed by atoms with Crippen LogP contribution in [0.4, 0.5) is 0 Å². The number of hydrogen-bond donors (Lipinski definition) is 4. The summed E-state index contributed by atoms with van der Waals surface area (Å²) in [5.74, 6) is 0. The van der Waals surface area contributed by atoms with E-state index in [1.807, 2.05) is 0 Å². The van der Waals surface area contributed by atoms with Crippen LogP contribution in [0.3, 0.4) is 0 Å². The van der Waals surface area contributed by atoms with Crippen LogP contribution in [0, 0.1) is 0 Å². The summed E-state index contributed by atoms with van der Waals surface area (Å²) in [4.78, 5) is 20.3. The quantitative estimate of drug-likeness (QED) is 0.271. The normalized spacial score (nSPS) is 38.6. The molecule has 17 heavy (non-hydrogen) atoms. The zero-order chi connectivity index (χ0) is 12.5. The van der Waals surface area contributed by atoms with Crippen molar-refractivity contribution >= 4 is 56.7 Å². The van der Waals surface area contributed by atoms with Crippen molar-refractivity contribution in [1.82, 2.24) is 0 Å². The molecular weight excluding hydrogens is 384 g/mol. The van der Waals surface area contributed by atoms with Crippen LogP contribution < -0.4 is 9.79 Å². The van der Waals surface area contributed by atoms with Gasteiger partial charge in [-0.2, -0.15) is 0 Å². The molecule has 0 aromatic rings. The fourth-order valence-electron chi connectivity index (χ4n) is 1.23. The van der Waals surface area contributed by atoms with Crippen LogP contribution in [0.1, 0.15) is 0 Å². The smallest absolute Gasteiger partial charge is 0.790 e. The van der Waals surface area contributed by atoms with Crippen molar-refractivity contribution in [3.8, 4) is 0 Å². The predicted molar refractivity (Wildman–Crippen MR) is 48.2 cm³/mol. The summed E-state index contributed by atoms with van der Waals surface area (Å²) in [7, 11) is -5.23. The van der Waals surface area contributed by atoms with Gasteiger partial charge in [-0.3, -0.25) is 0 Å². The third-order valence-electron chi connectivity index (χ3n) is 2.08. The summed E-state index contributed by atoms with van der Waals surface area (Å²) in [5.41, 5.74) is 0. The van der Waals surface area contributed by atoms with Gasteiger partial charge in [-0.15, -0.1) is 0 Å². The Morgan fingerprint density at radius 1 is 1.12 bits per heavy atom. The molecule has 0 aliphatic carbocycles. The van der Waals surface area contributed by atoms with Crippen molar-refractivity contribution in [3.63, 3.8) is 0 Å². The van der Waals surface area contributed by atoms with Gasteiger partial charge < -0.3 is 44.0 Å². The molecule has 0 saturated carbocycles. The molecule has 0 unspecified atom stereocenters. The number of phosphoric acid groups is 1. The molecule has 0 aromatic carbocycles. The van der Waals surface area contributed by atoms with Gasteiger partial charge in [0.05, 0.1) is 14.4 Å². The number of ether oxygens (including phenoxy) is 1. The van der Waals surface area contributed by atoms with Gasteiger partial charge in [0.2, 0.25) is 0 Å². The fraction of sp³-hybridized carbons (Fsp3) is 1.00. The molecule has 1 rings (SSSR count). The molecule has 5 atom stereocenters. The number of phosphoric ester groups is 1. The second-order valence-electron chi connectivity index (χ2n) is 3.28. The molecule has 1 saturated heterocycles. The van der Waals surface area contributed by atoms with Crippen LogP contribution in [-0.4, -0.2) is 107 Å². The minimum Gasteiger partial charge on any atom is -0.790 e. The van der Waals surface area contributed by atoms with Gasteiger partial charge in [0.1, 0.15) is 24.4 Å². The molecule has 96 valence electrons. The van der Waals surface area contributed by atoms with E-state index in [9.17, 15) is 24.6 Å². The van der Waals surface area contributed by atoms with Gasteiger partial charge in [-0.05, 0) is 0 Å². The van der Waals surface area contributed by atoms with Gasteiger partial charge in [-0.1, -0.05) is 0 Å². The summed E-state index contributed by atoms with van der Waals surface area (Å²) in [6.45, 7) is -0.855. The van der Waals surface area contributed by atoms with Gasteiger partial charge in [0, 0.05) is 0 Å². The van der Waals surface area contributed by atoms with Crippen molar-refractivity contribution < 1.29 is 44.0 Å². The van der Waals surface area contributed by atoms with E-state index in [4.69, 9.17) is 10.2 Å². The third-order valence-corrected chi connectivity index (χ3v) is 2.55. The summed E-state index contributed by atoms with van der Waals surface area (Å²) >= 11 is 0. The third kappa shape index (κ3) is 5.55. The molecule has 1 aliphatic heterocycles. The number of hydrogen-bond acceptors (Lipinski definition) is 9. The molecule has 9 nitrogen and oxygen atoms in total. The summed E-state index contributed by atoms with van der Waals surface area (Å²) in [6.07, 6.45) is -8.35. The Balaban J connectivity index is 0.00000256. The van der Waals surface area contributed by atoms with Gasteiger partial charge >= 0.3 is 48.9 Å². The van der Waals surface area contributed by atoms with E-state index < -0.39 is 45.1 Å². The van der Waals surface area contributed by atoms with Crippen LogP contribution in [0.5, 0.6) is 0 Å². The summed E-state index contributed by atoms with van der Waals surface area (Å²) < 4.78 is 18.5. The molecule has 0 bridgehead atoms. The topological polar surface area (TPSA) is 163 Å². The Hall–Kier alpha value is 1.48. The molecule has 4 N–H and O–H groups in total. The molecular formula is C6H11BaO9P. The Labute approximate surface area is 137 Å². The minimum atomic E-state index is -5.23. The summed E-state index contributed by atoms with van der Waals surface area (Å²) in [5, 5.41) is 36.6. The fourth-order valence-corrected chi connectivity index (χ4v) is 1.56. The number of aliphatic hydroxyl groups excluding tert-OH is 4. The number of rotatable bonds is 3. The molecule has 0 radical (unpaired) electrons. The molecule has 1 aliphatic rings. The van der Waals surface area contributed by atoms with E-state index >= 15 is 0 Å². The van der Waals surface area contributed by atoms with Gasteiger partial charge in [0.25, 0.3) is 0 Å². The Morgan fingerprint density at radius 2 is 1.65 bits per heavy atom. The van der Waals surface area contributed by atoms with Crippen LogP contribution in [0.15, 0.2) is 0 Å². The van der Waals surface area contributed by atoms with Crippen molar-refractivity contribution in [3.05, 3.63) is 0 Å². The maximum absolute atomic E-state index is 10.1. The van der Waals surface area contributed by atoms with Crippen LogP contribution >= 0.6 is 7.82 Å². The van der Waals surface area contributed by atoms with E-state index in [2.05, 4.69) is 9.26 Å². The zero-order valence-corrected chi connectivity index (χ0v) is 13.9. The second-order valence-corrected chi connectivity index (χ2v) is 4.43. The van der Waals surface area contributed by atoms with Gasteiger partial charge in [-0.25, -0.2) is 0 Å². The minimum absolute atomic E-state index is 0.